The lowest BCUT2D eigenvalue weighted by molar-refractivity contribution is 0.276. The molecule has 0 aliphatic rings. The van der Waals surface area contributed by atoms with Gasteiger partial charge in [-0.3, -0.25) is 9.78 Å². The van der Waals surface area contributed by atoms with Crippen LogP contribution in [0.3, 0.4) is 0 Å². The van der Waals surface area contributed by atoms with E-state index in [1.807, 2.05) is 24.4 Å². The number of nitrogens with zero attached hydrogens (tertiary/aromatic N) is 4. The van der Waals surface area contributed by atoms with E-state index in [1.54, 1.807) is 10.9 Å². The van der Waals surface area contributed by atoms with E-state index < -0.39 is 0 Å². The normalized spacial score (nSPS) is 11.1. The highest BCUT2D eigenvalue weighted by atomic mass is 16.3. The van der Waals surface area contributed by atoms with Crippen LogP contribution in [0.2, 0.25) is 0 Å². The van der Waals surface area contributed by atoms with Gasteiger partial charge in [0.25, 0.3) is 0 Å². The van der Waals surface area contributed by atoms with Crippen LogP contribution in [0, 0.1) is 0 Å². The maximum Gasteiger partial charge on any atom is 0.102 e. The summed E-state index contributed by atoms with van der Waals surface area (Å²) in [5.74, 6) is 0. The molecule has 0 unspecified atom stereocenters. The molecule has 0 spiro atoms. The molecule has 2 heterocycles. The first kappa shape index (κ1) is 12.6. The third-order valence-electron chi connectivity index (χ3n) is 3.05. The monoisotopic (exact) mass is 272 g/mol. The van der Waals surface area contributed by atoms with Crippen LogP contribution < -0.4 is 5.32 Å². The van der Waals surface area contributed by atoms with Crippen LogP contribution >= 0.6 is 0 Å². The van der Waals surface area contributed by atoms with E-state index in [1.165, 1.54) is 0 Å². The van der Waals surface area contributed by atoms with E-state index in [-0.39, 0.29) is 6.61 Å². The predicted octanol–water partition coefficient (Wildman–Crippen LogP) is 1.15. The number of aliphatic hydroxyl groups excluding tert-OH is 1. The Labute approximate surface area is 115 Å². The minimum Gasteiger partial charge on any atom is -0.396 e. The second-order valence-corrected chi connectivity index (χ2v) is 4.58. The number of anilines is 1. The fourth-order valence-electron chi connectivity index (χ4n) is 2.01. The van der Waals surface area contributed by atoms with Gasteiger partial charge < -0.3 is 10.4 Å². The molecule has 3 rings (SSSR count). The Bertz CT molecular complexity index is 689. The second kappa shape index (κ2) is 5.70. The molecule has 0 fully saturated rings. The molecule has 20 heavy (non-hydrogen) atoms. The van der Waals surface area contributed by atoms with E-state index >= 15 is 0 Å². The van der Waals surface area contributed by atoms with Crippen LogP contribution in [0.15, 0.2) is 30.6 Å². The summed E-state index contributed by atoms with van der Waals surface area (Å²) in [5, 5.41) is 28.2. The molecule has 0 aliphatic carbocycles. The van der Waals surface area contributed by atoms with Crippen molar-refractivity contribution in [2.45, 2.75) is 19.5 Å². The van der Waals surface area contributed by atoms with Crippen molar-refractivity contribution in [3.8, 4) is 0 Å². The van der Waals surface area contributed by atoms with Gasteiger partial charge in [-0.25, -0.2) is 0 Å². The summed E-state index contributed by atoms with van der Waals surface area (Å²) in [6, 6.07) is 6.02. The fourth-order valence-corrected chi connectivity index (χ4v) is 2.01. The first-order chi connectivity index (χ1) is 9.85. The molecular weight excluding hydrogens is 256 g/mol. The smallest absolute Gasteiger partial charge is 0.102 e. The molecule has 0 atom stereocenters. The lowest BCUT2D eigenvalue weighted by atomic mass is 10.2. The molecule has 0 saturated heterocycles. The molecule has 7 heteroatoms. The molecule has 3 N–H and O–H groups in total. The Morgan fingerprint density at radius 1 is 1.35 bits per heavy atom. The van der Waals surface area contributed by atoms with Gasteiger partial charge in [-0.05, 0) is 24.6 Å². The first-order valence-corrected chi connectivity index (χ1v) is 6.52. The van der Waals surface area contributed by atoms with Crippen LogP contribution in [-0.2, 0) is 13.1 Å². The molecule has 7 nitrogen and oxygen atoms in total. The third kappa shape index (κ3) is 2.77. The largest absolute Gasteiger partial charge is 0.396 e. The highest BCUT2D eigenvalue weighted by Crippen LogP contribution is 2.17. The molecule has 0 saturated carbocycles. The summed E-state index contributed by atoms with van der Waals surface area (Å²) in [6.45, 7) is 1.46. The minimum atomic E-state index is 0.165. The number of nitrogens with one attached hydrogen (secondary N) is 2. The van der Waals surface area contributed by atoms with Crippen LogP contribution in [0.4, 0.5) is 5.69 Å². The van der Waals surface area contributed by atoms with Crippen molar-refractivity contribution in [1.29, 1.82) is 0 Å². The SMILES string of the molecule is OCCCn1cc(CNc2ccc3[nH]ncc3c2)nn1. The summed E-state index contributed by atoms with van der Waals surface area (Å²) in [7, 11) is 0. The van der Waals surface area contributed by atoms with Gasteiger partial charge in [0.05, 0.1) is 24.5 Å². The molecule has 0 bridgehead atoms. The van der Waals surface area contributed by atoms with Crippen molar-refractivity contribution < 1.29 is 5.11 Å². The van der Waals surface area contributed by atoms with Gasteiger partial charge in [0, 0.05) is 24.2 Å². The van der Waals surface area contributed by atoms with Crippen molar-refractivity contribution >= 4 is 16.6 Å². The van der Waals surface area contributed by atoms with Gasteiger partial charge in [0.15, 0.2) is 0 Å². The Kier molecular flexibility index (Phi) is 3.60. The van der Waals surface area contributed by atoms with Gasteiger partial charge in [-0.15, -0.1) is 5.10 Å². The van der Waals surface area contributed by atoms with E-state index in [9.17, 15) is 0 Å². The van der Waals surface area contributed by atoms with Crippen LogP contribution in [0.1, 0.15) is 12.1 Å². The van der Waals surface area contributed by atoms with Gasteiger partial charge in [-0.1, -0.05) is 5.21 Å². The summed E-state index contributed by atoms with van der Waals surface area (Å²) in [5.41, 5.74) is 2.91. The lowest BCUT2D eigenvalue weighted by Crippen LogP contribution is -2.01. The molecule has 3 aromatic rings. The minimum absolute atomic E-state index is 0.165. The zero-order valence-corrected chi connectivity index (χ0v) is 11.0. The standard InChI is InChI=1S/C13H16N6O/c20-5-1-4-19-9-12(16-18-19)8-14-11-2-3-13-10(6-11)7-15-17-13/h2-3,6-7,9,14,20H,1,4-5,8H2,(H,15,17). The number of fused-ring (bicyclic) bond motifs is 1. The average Bonchev–Trinajstić information content (AvgIpc) is 3.11. The third-order valence-corrected chi connectivity index (χ3v) is 3.05. The van der Waals surface area contributed by atoms with Crippen molar-refractivity contribution in [3.05, 3.63) is 36.3 Å². The highest BCUT2D eigenvalue weighted by Gasteiger charge is 2.02. The maximum atomic E-state index is 8.77. The number of rotatable bonds is 6. The molecule has 0 radical (unpaired) electrons. The van der Waals surface area contributed by atoms with Gasteiger partial charge >= 0.3 is 0 Å². The molecular formula is C13H16N6O. The van der Waals surface area contributed by atoms with Crippen LogP contribution in [0.25, 0.3) is 10.9 Å². The topological polar surface area (TPSA) is 91.7 Å². The molecule has 0 aliphatic heterocycles. The quantitative estimate of drug-likeness (QED) is 0.626. The van der Waals surface area contributed by atoms with Crippen molar-refractivity contribution in [2.24, 2.45) is 0 Å². The lowest BCUT2D eigenvalue weighted by Gasteiger charge is -2.03. The maximum absolute atomic E-state index is 8.77. The number of aromatic amines is 1. The van der Waals surface area contributed by atoms with Gasteiger partial charge in [0.2, 0.25) is 0 Å². The Balaban J connectivity index is 1.62. The number of benzene rings is 1. The summed E-state index contributed by atoms with van der Waals surface area (Å²) in [6.07, 6.45) is 4.37. The Morgan fingerprint density at radius 2 is 2.30 bits per heavy atom. The number of hydrogen-bond donors (Lipinski definition) is 3. The zero-order valence-electron chi connectivity index (χ0n) is 11.0. The number of aromatic nitrogens is 5. The predicted molar refractivity (Wildman–Crippen MR) is 75.1 cm³/mol. The van der Waals surface area contributed by atoms with Gasteiger partial charge in [-0.2, -0.15) is 5.10 Å². The molecule has 1 aromatic carbocycles. The molecule has 0 amide bonds. The second-order valence-electron chi connectivity index (χ2n) is 4.58. The summed E-state index contributed by atoms with van der Waals surface area (Å²) in [4.78, 5) is 0. The van der Waals surface area contributed by atoms with E-state index in [0.29, 0.717) is 19.5 Å². The van der Waals surface area contributed by atoms with Crippen molar-refractivity contribution in [3.63, 3.8) is 0 Å². The Hall–Kier alpha value is -2.41. The first-order valence-electron chi connectivity index (χ1n) is 6.52. The number of hydrogen-bond acceptors (Lipinski definition) is 5. The van der Waals surface area contributed by atoms with Crippen molar-refractivity contribution in [2.75, 3.05) is 11.9 Å². The molecule has 2 aromatic heterocycles. The highest BCUT2D eigenvalue weighted by molar-refractivity contribution is 5.81. The van der Waals surface area contributed by atoms with Crippen molar-refractivity contribution in [1.82, 2.24) is 25.2 Å². The number of H-pyrrole nitrogens is 1. The summed E-state index contributed by atoms with van der Waals surface area (Å²) < 4.78 is 1.74. The number of aliphatic hydroxyl groups is 1. The Morgan fingerprint density at radius 3 is 3.20 bits per heavy atom. The van der Waals surface area contributed by atoms with E-state index in [0.717, 1.165) is 22.3 Å². The summed E-state index contributed by atoms with van der Waals surface area (Å²) >= 11 is 0. The number of aryl methyl sites for hydroxylation is 1. The van der Waals surface area contributed by atoms with Crippen LogP contribution in [-0.4, -0.2) is 36.9 Å². The van der Waals surface area contributed by atoms with Gasteiger partial charge in [0.1, 0.15) is 5.69 Å². The fraction of sp³-hybridized carbons (Fsp3) is 0.308. The average molecular weight is 272 g/mol. The van der Waals surface area contributed by atoms with E-state index in [4.69, 9.17) is 5.11 Å². The zero-order chi connectivity index (χ0) is 13.8. The molecule has 104 valence electrons. The van der Waals surface area contributed by atoms with Crippen LogP contribution in [0.5, 0.6) is 0 Å². The van der Waals surface area contributed by atoms with E-state index in [2.05, 4.69) is 25.8 Å².